The number of rotatable bonds is 10. The molecule has 0 aliphatic rings. The zero-order valence-corrected chi connectivity index (χ0v) is 20.2. The lowest BCUT2D eigenvalue weighted by atomic mass is 10.1. The van der Waals surface area contributed by atoms with Gasteiger partial charge in [-0.05, 0) is 31.1 Å². The van der Waals surface area contributed by atoms with Crippen LogP contribution < -0.4 is 10.0 Å². The van der Waals surface area contributed by atoms with Crippen LogP contribution in [0.1, 0.15) is 27.9 Å². The highest BCUT2D eigenvalue weighted by atomic mass is 35.5. The zero-order chi connectivity index (χ0) is 23.8. The lowest BCUT2D eigenvalue weighted by Gasteiger charge is -2.07. The standard InChI is InChI=1S/C24H27ClN4O3S/c1-18-8-10-21(11-9-18)17-29-24(25)22(19(2)28-29)12-13-23(30)26-14-15-33(31,32)27-16-20-6-4-3-5-7-20/h3-13,27H,14-17H2,1-2H3,(H,26,30). The van der Waals surface area contributed by atoms with Crippen LogP contribution in [0.5, 0.6) is 0 Å². The molecule has 0 aliphatic heterocycles. The van der Waals surface area contributed by atoms with Crippen molar-refractivity contribution in [3.8, 4) is 0 Å². The van der Waals surface area contributed by atoms with E-state index in [0.717, 1.165) is 11.1 Å². The molecular formula is C24H27ClN4O3S. The van der Waals surface area contributed by atoms with E-state index in [9.17, 15) is 13.2 Å². The van der Waals surface area contributed by atoms with Gasteiger partial charge in [0.05, 0.1) is 18.0 Å². The van der Waals surface area contributed by atoms with Gasteiger partial charge >= 0.3 is 0 Å². The maximum atomic E-state index is 12.2. The first-order valence-corrected chi connectivity index (χ1v) is 12.5. The van der Waals surface area contributed by atoms with Gasteiger partial charge in [-0.1, -0.05) is 71.8 Å². The Morgan fingerprint density at radius 1 is 1.06 bits per heavy atom. The summed E-state index contributed by atoms with van der Waals surface area (Å²) in [6.45, 7) is 4.57. The average Bonchev–Trinajstić information content (AvgIpc) is 3.05. The Bertz CT molecular complexity index is 1220. The summed E-state index contributed by atoms with van der Waals surface area (Å²) in [4.78, 5) is 12.2. The molecule has 174 valence electrons. The van der Waals surface area contributed by atoms with E-state index in [4.69, 9.17) is 11.6 Å². The minimum absolute atomic E-state index is 0.00725. The van der Waals surface area contributed by atoms with E-state index >= 15 is 0 Å². The van der Waals surface area contributed by atoms with E-state index in [0.29, 0.717) is 23.0 Å². The normalized spacial score (nSPS) is 11.7. The number of aryl methyl sites for hydroxylation is 2. The summed E-state index contributed by atoms with van der Waals surface area (Å²) >= 11 is 6.47. The fourth-order valence-corrected chi connectivity index (χ4v) is 4.31. The first kappa shape index (κ1) is 24.7. The number of sulfonamides is 1. The molecule has 0 aliphatic carbocycles. The summed E-state index contributed by atoms with van der Waals surface area (Å²) in [5.74, 6) is -0.622. The smallest absolute Gasteiger partial charge is 0.244 e. The van der Waals surface area contributed by atoms with Crippen LogP contribution in [0.4, 0.5) is 0 Å². The molecule has 0 radical (unpaired) electrons. The second-order valence-electron chi connectivity index (χ2n) is 7.68. The van der Waals surface area contributed by atoms with Crippen LogP contribution in [0.2, 0.25) is 5.15 Å². The van der Waals surface area contributed by atoms with Crippen molar-refractivity contribution in [2.45, 2.75) is 26.9 Å². The van der Waals surface area contributed by atoms with E-state index in [-0.39, 0.29) is 18.8 Å². The molecule has 0 atom stereocenters. The zero-order valence-electron chi connectivity index (χ0n) is 18.6. The van der Waals surface area contributed by atoms with Crippen molar-refractivity contribution >= 4 is 33.6 Å². The van der Waals surface area contributed by atoms with Gasteiger partial charge in [0.25, 0.3) is 0 Å². The largest absolute Gasteiger partial charge is 0.351 e. The van der Waals surface area contributed by atoms with Crippen LogP contribution >= 0.6 is 11.6 Å². The van der Waals surface area contributed by atoms with Crippen LogP contribution in [0.15, 0.2) is 60.7 Å². The summed E-state index contributed by atoms with van der Waals surface area (Å²) in [7, 11) is -3.51. The first-order chi connectivity index (χ1) is 15.7. The number of amides is 1. The van der Waals surface area contributed by atoms with Crippen LogP contribution in [-0.2, 0) is 27.9 Å². The maximum absolute atomic E-state index is 12.2. The average molecular weight is 487 g/mol. The number of carbonyl (C=O) groups is 1. The number of hydrogen-bond donors (Lipinski definition) is 2. The van der Waals surface area contributed by atoms with E-state index in [1.54, 1.807) is 10.8 Å². The van der Waals surface area contributed by atoms with E-state index in [2.05, 4.69) is 15.1 Å². The maximum Gasteiger partial charge on any atom is 0.244 e. The Morgan fingerprint density at radius 2 is 1.76 bits per heavy atom. The highest BCUT2D eigenvalue weighted by Gasteiger charge is 2.13. The monoisotopic (exact) mass is 486 g/mol. The number of benzene rings is 2. The Balaban J connectivity index is 1.50. The third-order valence-electron chi connectivity index (χ3n) is 4.97. The van der Waals surface area contributed by atoms with Gasteiger partial charge in [-0.25, -0.2) is 17.8 Å². The molecule has 9 heteroatoms. The lowest BCUT2D eigenvalue weighted by Crippen LogP contribution is -2.33. The number of halogens is 1. The van der Waals surface area contributed by atoms with Crippen molar-refractivity contribution in [1.29, 1.82) is 0 Å². The van der Waals surface area contributed by atoms with Crippen LogP contribution in [0, 0.1) is 13.8 Å². The number of aromatic nitrogens is 2. The van der Waals surface area contributed by atoms with Gasteiger partial charge in [-0.3, -0.25) is 4.79 Å². The van der Waals surface area contributed by atoms with E-state index in [1.807, 2.05) is 68.4 Å². The molecular weight excluding hydrogens is 460 g/mol. The Morgan fingerprint density at radius 3 is 2.45 bits per heavy atom. The predicted octanol–water partition coefficient (Wildman–Crippen LogP) is 3.45. The van der Waals surface area contributed by atoms with Crippen LogP contribution in [0.25, 0.3) is 6.08 Å². The van der Waals surface area contributed by atoms with E-state index in [1.165, 1.54) is 11.6 Å². The van der Waals surface area contributed by atoms with Gasteiger partial charge in [-0.15, -0.1) is 0 Å². The van der Waals surface area contributed by atoms with Gasteiger partial charge in [0.1, 0.15) is 5.15 Å². The quantitative estimate of drug-likeness (QED) is 0.429. The fraction of sp³-hybridized carbons (Fsp3) is 0.250. The highest BCUT2D eigenvalue weighted by Crippen LogP contribution is 2.22. The minimum atomic E-state index is -3.51. The molecule has 1 heterocycles. The molecule has 0 bridgehead atoms. The molecule has 2 N–H and O–H groups in total. The van der Waals surface area contributed by atoms with Crippen molar-refractivity contribution in [2.75, 3.05) is 12.3 Å². The molecule has 0 fully saturated rings. The lowest BCUT2D eigenvalue weighted by molar-refractivity contribution is -0.116. The van der Waals surface area contributed by atoms with Crippen LogP contribution in [-0.4, -0.2) is 36.4 Å². The van der Waals surface area contributed by atoms with Gasteiger partial charge in [-0.2, -0.15) is 5.10 Å². The minimum Gasteiger partial charge on any atom is -0.351 e. The highest BCUT2D eigenvalue weighted by molar-refractivity contribution is 7.89. The van der Waals surface area contributed by atoms with Crippen LogP contribution in [0.3, 0.4) is 0 Å². The third kappa shape index (κ3) is 7.56. The molecule has 7 nitrogen and oxygen atoms in total. The summed E-state index contributed by atoms with van der Waals surface area (Å²) in [6.07, 6.45) is 2.92. The van der Waals surface area contributed by atoms with Crippen molar-refractivity contribution < 1.29 is 13.2 Å². The SMILES string of the molecule is Cc1ccc(Cn2nc(C)c(C=CC(=O)NCCS(=O)(=O)NCc3ccccc3)c2Cl)cc1. The predicted molar refractivity (Wildman–Crippen MR) is 131 cm³/mol. The van der Waals surface area contributed by atoms with Gasteiger partial charge in [0, 0.05) is 24.7 Å². The molecule has 2 aromatic carbocycles. The topological polar surface area (TPSA) is 93.1 Å². The summed E-state index contributed by atoms with van der Waals surface area (Å²) in [6, 6.07) is 17.3. The van der Waals surface area contributed by atoms with Gasteiger partial charge in [0.15, 0.2) is 0 Å². The number of hydrogen-bond acceptors (Lipinski definition) is 4. The molecule has 0 saturated heterocycles. The summed E-state index contributed by atoms with van der Waals surface area (Å²) in [5.41, 5.74) is 4.46. The Hall–Kier alpha value is -2.94. The molecule has 3 rings (SSSR count). The first-order valence-electron chi connectivity index (χ1n) is 10.5. The van der Waals surface area contributed by atoms with Gasteiger partial charge < -0.3 is 5.32 Å². The molecule has 0 unspecified atom stereocenters. The number of carbonyl (C=O) groups excluding carboxylic acids is 1. The second-order valence-corrected chi connectivity index (χ2v) is 9.97. The third-order valence-corrected chi connectivity index (χ3v) is 6.70. The fourth-order valence-electron chi connectivity index (χ4n) is 3.12. The van der Waals surface area contributed by atoms with Crippen molar-refractivity contribution in [1.82, 2.24) is 19.8 Å². The van der Waals surface area contributed by atoms with Crippen molar-refractivity contribution in [3.63, 3.8) is 0 Å². The molecule has 0 spiro atoms. The number of nitrogens with zero attached hydrogens (tertiary/aromatic N) is 2. The summed E-state index contributed by atoms with van der Waals surface area (Å²) in [5, 5.41) is 7.48. The Kier molecular flexibility index (Phi) is 8.43. The summed E-state index contributed by atoms with van der Waals surface area (Å²) < 4.78 is 28.4. The molecule has 1 aromatic heterocycles. The molecule has 0 saturated carbocycles. The van der Waals surface area contributed by atoms with Crippen molar-refractivity contribution in [2.24, 2.45) is 0 Å². The van der Waals surface area contributed by atoms with Crippen molar-refractivity contribution in [3.05, 3.63) is 93.8 Å². The second kappa shape index (κ2) is 11.3. The number of nitrogens with one attached hydrogen (secondary N) is 2. The molecule has 1 amide bonds. The molecule has 33 heavy (non-hydrogen) atoms. The molecule has 3 aromatic rings. The van der Waals surface area contributed by atoms with E-state index < -0.39 is 15.9 Å². The van der Waals surface area contributed by atoms with Gasteiger partial charge in [0.2, 0.25) is 15.9 Å². The Labute approximate surface area is 199 Å².